The molecule has 0 bridgehead atoms. The van der Waals surface area contributed by atoms with Gasteiger partial charge in [-0.25, -0.2) is 14.8 Å². The molecule has 0 spiro atoms. The van der Waals surface area contributed by atoms with E-state index in [0.717, 1.165) is 22.4 Å². The molecule has 3 heterocycles. The van der Waals surface area contributed by atoms with Gasteiger partial charge in [-0.3, -0.25) is 4.79 Å². The third kappa shape index (κ3) is 3.84. The molecule has 0 fully saturated rings. The third-order valence-electron chi connectivity index (χ3n) is 5.45. The zero-order valence-electron chi connectivity index (χ0n) is 16.8. The molecule has 0 aliphatic carbocycles. The number of benzene rings is 1. The van der Waals surface area contributed by atoms with Gasteiger partial charge < -0.3 is 19.9 Å². The van der Waals surface area contributed by atoms with Gasteiger partial charge in [-0.15, -0.1) is 0 Å². The lowest BCUT2D eigenvalue weighted by Crippen LogP contribution is -2.35. The fourth-order valence-corrected chi connectivity index (χ4v) is 4.13. The summed E-state index contributed by atoms with van der Waals surface area (Å²) in [4.78, 5) is 33.9. The number of halogens is 2. The molecule has 3 aromatic rings. The first-order valence-corrected chi connectivity index (χ1v) is 10.3. The Balaban J connectivity index is 1.63. The highest BCUT2D eigenvalue weighted by atomic mass is 35.5. The van der Waals surface area contributed by atoms with Gasteiger partial charge in [0.1, 0.15) is 5.15 Å². The predicted octanol–water partition coefficient (Wildman–Crippen LogP) is 4.39. The molecule has 0 radical (unpaired) electrons. The molecule has 2 aromatic heterocycles. The maximum Gasteiger partial charge on any atom is 0.407 e. The van der Waals surface area contributed by atoms with Crippen LogP contribution in [0.15, 0.2) is 30.5 Å². The van der Waals surface area contributed by atoms with Gasteiger partial charge in [-0.1, -0.05) is 35.3 Å². The fraction of sp³-hybridized carbons (Fsp3) is 0.238. The molecule has 4 rings (SSSR count). The minimum Gasteiger partial charge on any atom is -0.465 e. The lowest BCUT2D eigenvalue weighted by Gasteiger charge is -2.23. The number of nitrogens with one attached hydrogen (secondary N) is 1. The Kier molecular flexibility index (Phi) is 5.60. The van der Waals surface area contributed by atoms with Crippen molar-refractivity contribution in [2.24, 2.45) is 7.05 Å². The van der Waals surface area contributed by atoms with E-state index in [0.29, 0.717) is 29.4 Å². The standard InChI is InChI=1S/C21H19Cl2N5O3/c1-11-12(13-6-8-24-18(23)17(13)22)4-3-5-14(11)26-20(29)19-25-15-10-28(21(30)31)9-7-16(15)27(19)2/h3-6,8H,7,9-10H2,1-2H3,(H,26,29)(H,30,31). The lowest BCUT2D eigenvalue weighted by atomic mass is 10.00. The Morgan fingerprint density at radius 1 is 1.19 bits per heavy atom. The minimum absolute atomic E-state index is 0.168. The molecule has 31 heavy (non-hydrogen) atoms. The number of amides is 2. The van der Waals surface area contributed by atoms with Crippen LogP contribution in [0.5, 0.6) is 0 Å². The molecule has 0 atom stereocenters. The van der Waals surface area contributed by atoms with Crippen LogP contribution in [-0.2, 0) is 20.0 Å². The van der Waals surface area contributed by atoms with E-state index in [1.807, 2.05) is 19.1 Å². The number of hydrogen-bond donors (Lipinski definition) is 2. The number of anilines is 1. The Morgan fingerprint density at radius 2 is 1.97 bits per heavy atom. The molecule has 10 heteroatoms. The van der Waals surface area contributed by atoms with Gasteiger partial charge in [0, 0.05) is 43.2 Å². The molecule has 0 unspecified atom stereocenters. The van der Waals surface area contributed by atoms with Crippen LogP contribution in [0.3, 0.4) is 0 Å². The molecular weight excluding hydrogens is 441 g/mol. The Labute approximate surface area is 188 Å². The first kappa shape index (κ1) is 21.1. The molecule has 0 saturated heterocycles. The third-order valence-corrected chi connectivity index (χ3v) is 6.21. The first-order chi connectivity index (χ1) is 14.8. The second-order valence-electron chi connectivity index (χ2n) is 7.24. The number of carboxylic acid groups (broad SMARTS) is 1. The van der Waals surface area contributed by atoms with E-state index in [4.69, 9.17) is 23.2 Å². The minimum atomic E-state index is -0.996. The highest BCUT2D eigenvalue weighted by molar-refractivity contribution is 6.43. The Morgan fingerprint density at radius 3 is 2.71 bits per heavy atom. The molecule has 0 saturated carbocycles. The summed E-state index contributed by atoms with van der Waals surface area (Å²) in [7, 11) is 1.76. The van der Waals surface area contributed by atoms with Crippen molar-refractivity contribution in [3.8, 4) is 11.1 Å². The summed E-state index contributed by atoms with van der Waals surface area (Å²) in [6, 6.07) is 7.27. The second kappa shape index (κ2) is 8.20. The smallest absolute Gasteiger partial charge is 0.407 e. The van der Waals surface area contributed by atoms with Crippen LogP contribution in [-0.4, -0.2) is 43.1 Å². The first-order valence-electron chi connectivity index (χ1n) is 9.51. The number of nitrogens with zero attached hydrogens (tertiary/aromatic N) is 4. The topological polar surface area (TPSA) is 100 Å². The highest BCUT2D eigenvalue weighted by Gasteiger charge is 2.27. The van der Waals surface area contributed by atoms with Crippen LogP contribution in [0.2, 0.25) is 10.2 Å². The van der Waals surface area contributed by atoms with E-state index < -0.39 is 6.09 Å². The Bertz CT molecular complexity index is 1210. The van der Waals surface area contributed by atoms with E-state index in [1.54, 1.807) is 29.9 Å². The lowest BCUT2D eigenvalue weighted by molar-refractivity contribution is 0.101. The quantitative estimate of drug-likeness (QED) is 0.565. The van der Waals surface area contributed by atoms with Crippen molar-refractivity contribution in [3.05, 3.63) is 63.4 Å². The summed E-state index contributed by atoms with van der Waals surface area (Å²) < 4.78 is 1.72. The van der Waals surface area contributed by atoms with Gasteiger partial charge in [-0.2, -0.15) is 0 Å². The van der Waals surface area contributed by atoms with E-state index in [1.165, 1.54) is 4.90 Å². The van der Waals surface area contributed by atoms with Crippen LogP contribution >= 0.6 is 23.2 Å². The van der Waals surface area contributed by atoms with Gasteiger partial charge in [0.15, 0.2) is 5.82 Å². The van der Waals surface area contributed by atoms with Gasteiger partial charge in [-0.05, 0) is 30.2 Å². The average molecular weight is 460 g/mol. The van der Waals surface area contributed by atoms with Crippen LogP contribution in [0.1, 0.15) is 27.6 Å². The molecular formula is C21H19Cl2N5O3. The van der Waals surface area contributed by atoms with Gasteiger partial charge in [0.25, 0.3) is 5.91 Å². The maximum atomic E-state index is 13.0. The number of aromatic nitrogens is 3. The van der Waals surface area contributed by atoms with Crippen molar-refractivity contribution < 1.29 is 14.7 Å². The van der Waals surface area contributed by atoms with Crippen LogP contribution in [0.4, 0.5) is 10.5 Å². The van der Waals surface area contributed by atoms with E-state index in [9.17, 15) is 14.7 Å². The normalized spacial score (nSPS) is 13.1. The van der Waals surface area contributed by atoms with Crippen LogP contribution in [0, 0.1) is 6.92 Å². The molecule has 1 aliphatic heterocycles. The largest absolute Gasteiger partial charge is 0.465 e. The summed E-state index contributed by atoms with van der Waals surface area (Å²) in [6.45, 7) is 2.42. The highest BCUT2D eigenvalue weighted by Crippen LogP contribution is 2.36. The molecule has 160 valence electrons. The van der Waals surface area contributed by atoms with Crippen molar-refractivity contribution in [3.63, 3.8) is 0 Å². The summed E-state index contributed by atoms with van der Waals surface area (Å²) >= 11 is 12.4. The molecule has 1 aliphatic rings. The molecule has 8 nitrogen and oxygen atoms in total. The van der Waals surface area contributed by atoms with Crippen molar-refractivity contribution in [1.82, 2.24) is 19.4 Å². The zero-order valence-corrected chi connectivity index (χ0v) is 18.3. The second-order valence-corrected chi connectivity index (χ2v) is 7.97. The molecule has 2 amide bonds. The number of rotatable bonds is 3. The number of fused-ring (bicyclic) bond motifs is 1. The van der Waals surface area contributed by atoms with Crippen LogP contribution < -0.4 is 5.32 Å². The number of hydrogen-bond acceptors (Lipinski definition) is 4. The van der Waals surface area contributed by atoms with Crippen molar-refractivity contribution >= 4 is 40.9 Å². The van der Waals surface area contributed by atoms with E-state index in [-0.39, 0.29) is 23.4 Å². The molecule has 2 N–H and O–H groups in total. The predicted molar refractivity (Wildman–Crippen MR) is 118 cm³/mol. The fourth-order valence-electron chi connectivity index (χ4n) is 3.76. The number of pyridine rings is 1. The number of carbonyl (C=O) groups excluding carboxylic acids is 1. The van der Waals surface area contributed by atoms with Gasteiger partial charge in [0.05, 0.1) is 17.3 Å². The summed E-state index contributed by atoms with van der Waals surface area (Å²) in [6.07, 6.45) is 1.09. The molecule has 1 aromatic carbocycles. The SMILES string of the molecule is Cc1c(NC(=O)c2nc3c(n2C)CCN(C(=O)O)C3)cccc1-c1ccnc(Cl)c1Cl. The van der Waals surface area contributed by atoms with E-state index in [2.05, 4.69) is 15.3 Å². The Hall–Kier alpha value is -3.10. The summed E-state index contributed by atoms with van der Waals surface area (Å²) in [5.41, 5.74) is 4.44. The van der Waals surface area contributed by atoms with Crippen LogP contribution in [0.25, 0.3) is 11.1 Å². The summed E-state index contributed by atoms with van der Waals surface area (Å²) in [5, 5.41) is 12.7. The van der Waals surface area contributed by atoms with Crippen molar-refractivity contribution in [2.45, 2.75) is 19.9 Å². The monoisotopic (exact) mass is 459 g/mol. The average Bonchev–Trinajstić information content (AvgIpc) is 3.08. The maximum absolute atomic E-state index is 13.0. The van der Waals surface area contributed by atoms with Gasteiger partial charge in [0.2, 0.25) is 0 Å². The van der Waals surface area contributed by atoms with Crippen molar-refractivity contribution in [2.75, 3.05) is 11.9 Å². The van der Waals surface area contributed by atoms with Gasteiger partial charge >= 0.3 is 6.09 Å². The zero-order chi connectivity index (χ0) is 22.3. The number of carbonyl (C=O) groups is 2. The van der Waals surface area contributed by atoms with E-state index >= 15 is 0 Å². The van der Waals surface area contributed by atoms with Crippen molar-refractivity contribution in [1.29, 1.82) is 0 Å². The summed E-state index contributed by atoms with van der Waals surface area (Å²) in [5.74, 6) is -0.148. The number of imidazole rings is 1.